The Bertz CT molecular complexity index is 270. The van der Waals surface area contributed by atoms with Gasteiger partial charge in [-0.15, -0.1) is 0 Å². The smallest absolute Gasteiger partial charge is 0.164 e. The zero-order valence-electron chi connectivity index (χ0n) is 9.69. The average molecular weight is 224 g/mol. The summed E-state index contributed by atoms with van der Waals surface area (Å²) in [5.41, 5.74) is 0. The molecule has 2 aliphatic carbocycles. The Kier molecular flexibility index (Phi) is 2.99. The highest BCUT2D eigenvalue weighted by Gasteiger charge is 2.40. The molecular weight excluding hydrogens is 204 g/mol. The van der Waals surface area contributed by atoms with E-state index in [-0.39, 0.29) is 6.29 Å². The third kappa shape index (κ3) is 2.16. The lowest BCUT2D eigenvalue weighted by atomic mass is 9.85. The van der Waals surface area contributed by atoms with Crippen LogP contribution in [0.15, 0.2) is 0 Å². The minimum Gasteiger partial charge on any atom is -0.350 e. The second kappa shape index (κ2) is 4.46. The number of carbonyl (C=O) groups excluding carboxylic acids is 1. The molecule has 0 N–H and O–H groups in total. The van der Waals surface area contributed by atoms with Crippen molar-refractivity contribution in [2.45, 2.75) is 44.8 Å². The van der Waals surface area contributed by atoms with E-state index >= 15 is 0 Å². The average Bonchev–Trinajstić information content (AvgIpc) is 2.92. The number of hydrogen-bond donors (Lipinski definition) is 0. The van der Waals surface area contributed by atoms with Crippen LogP contribution in [-0.2, 0) is 14.3 Å². The predicted octanol–water partition coefficient (Wildman–Crippen LogP) is 2.14. The second-order valence-corrected chi connectivity index (χ2v) is 5.55. The van der Waals surface area contributed by atoms with Gasteiger partial charge in [0.05, 0.1) is 19.6 Å². The monoisotopic (exact) mass is 224 g/mol. The summed E-state index contributed by atoms with van der Waals surface area (Å²) in [6, 6.07) is 0. The number of rotatable bonds is 4. The Morgan fingerprint density at radius 3 is 2.50 bits per heavy atom. The molecule has 1 saturated heterocycles. The molecule has 0 aromatic carbocycles. The number of carbonyl (C=O) groups is 1. The number of Topliss-reactive ketones (excluding diaryl/α,β-unsaturated/α-hetero) is 1. The highest BCUT2D eigenvalue weighted by molar-refractivity contribution is 5.79. The first-order valence-corrected chi connectivity index (χ1v) is 6.56. The summed E-state index contributed by atoms with van der Waals surface area (Å²) in [5.74, 6) is 2.79. The Labute approximate surface area is 96.5 Å². The predicted molar refractivity (Wildman–Crippen MR) is 58.9 cm³/mol. The van der Waals surface area contributed by atoms with Gasteiger partial charge in [-0.2, -0.15) is 0 Å². The maximum absolute atomic E-state index is 11.9. The third-order valence-electron chi connectivity index (χ3n) is 4.46. The topological polar surface area (TPSA) is 35.5 Å². The zero-order valence-corrected chi connectivity index (χ0v) is 9.69. The first-order chi connectivity index (χ1) is 7.81. The molecule has 3 nitrogen and oxygen atoms in total. The first kappa shape index (κ1) is 10.7. The molecule has 1 heterocycles. The number of hydrogen-bond acceptors (Lipinski definition) is 3. The van der Waals surface area contributed by atoms with Gasteiger partial charge in [0, 0.05) is 6.42 Å². The molecule has 1 aliphatic heterocycles. The summed E-state index contributed by atoms with van der Waals surface area (Å²) in [7, 11) is 0. The fourth-order valence-electron chi connectivity index (χ4n) is 3.71. The van der Waals surface area contributed by atoms with E-state index in [2.05, 4.69) is 0 Å². The van der Waals surface area contributed by atoms with Crippen molar-refractivity contribution in [2.75, 3.05) is 13.2 Å². The van der Waals surface area contributed by atoms with E-state index in [1.165, 1.54) is 25.7 Å². The van der Waals surface area contributed by atoms with Gasteiger partial charge in [0.1, 0.15) is 5.78 Å². The van der Waals surface area contributed by atoms with Crippen LogP contribution in [0.3, 0.4) is 0 Å². The molecule has 3 aliphatic rings. The lowest BCUT2D eigenvalue weighted by Crippen LogP contribution is -2.19. The Hall–Kier alpha value is -0.410. The minimum atomic E-state index is -0.244. The summed E-state index contributed by atoms with van der Waals surface area (Å²) in [6.07, 6.45) is 6.43. The number of fused-ring (bicyclic) bond motifs is 2. The van der Waals surface area contributed by atoms with Crippen molar-refractivity contribution in [1.82, 2.24) is 0 Å². The SMILES string of the molecule is O=C(CC1OCCO1)CC1CC2CCC1C2. The highest BCUT2D eigenvalue weighted by atomic mass is 16.7. The summed E-state index contributed by atoms with van der Waals surface area (Å²) < 4.78 is 10.6. The van der Waals surface area contributed by atoms with Crippen molar-refractivity contribution in [3.8, 4) is 0 Å². The van der Waals surface area contributed by atoms with Crippen LogP contribution in [0, 0.1) is 17.8 Å². The van der Waals surface area contributed by atoms with E-state index in [1.807, 2.05) is 0 Å². The van der Waals surface area contributed by atoms with E-state index in [0.29, 0.717) is 31.3 Å². The summed E-state index contributed by atoms with van der Waals surface area (Å²) in [4.78, 5) is 11.9. The van der Waals surface area contributed by atoms with E-state index in [4.69, 9.17) is 9.47 Å². The van der Waals surface area contributed by atoms with Crippen LogP contribution < -0.4 is 0 Å². The number of ether oxygens (including phenoxy) is 2. The maximum Gasteiger partial charge on any atom is 0.164 e. The zero-order chi connectivity index (χ0) is 11.0. The van der Waals surface area contributed by atoms with E-state index in [0.717, 1.165) is 18.3 Å². The molecule has 3 fully saturated rings. The van der Waals surface area contributed by atoms with Crippen LogP contribution in [0.5, 0.6) is 0 Å². The van der Waals surface area contributed by atoms with Gasteiger partial charge in [0.2, 0.25) is 0 Å². The van der Waals surface area contributed by atoms with Gasteiger partial charge in [0.25, 0.3) is 0 Å². The van der Waals surface area contributed by atoms with E-state index in [9.17, 15) is 4.79 Å². The normalized spacial score (nSPS) is 38.4. The molecule has 0 aromatic heterocycles. The molecule has 90 valence electrons. The second-order valence-electron chi connectivity index (χ2n) is 5.55. The van der Waals surface area contributed by atoms with Crippen LogP contribution >= 0.6 is 0 Å². The number of ketones is 1. The highest BCUT2D eigenvalue weighted by Crippen LogP contribution is 2.49. The van der Waals surface area contributed by atoms with Crippen molar-refractivity contribution in [3.05, 3.63) is 0 Å². The maximum atomic E-state index is 11.9. The van der Waals surface area contributed by atoms with Crippen LogP contribution in [-0.4, -0.2) is 25.3 Å². The Morgan fingerprint density at radius 1 is 1.06 bits per heavy atom. The van der Waals surface area contributed by atoms with Gasteiger partial charge in [-0.25, -0.2) is 0 Å². The summed E-state index contributed by atoms with van der Waals surface area (Å²) >= 11 is 0. The molecule has 16 heavy (non-hydrogen) atoms. The molecule has 3 heteroatoms. The molecule has 0 radical (unpaired) electrons. The molecule has 0 spiro atoms. The van der Waals surface area contributed by atoms with Crippen LogP contribution in [0.4, 0.5) is 0 Å². The third-order valence-corrected chi connectivity index (χ3v) is 4.46. The molecule has 2 saturated carbocycles. The van der Waals surface area contributed by atoms with Gasteiger partial charge in [-0.3, -0.25) is 4.79 Å². The standard InChI is InChI=1S/C13H20O3/c14-12(8-13-15-3-4-16-13)7-11-6-9-1-2-10(11)5-9/h9-11,13H,1-8H2. The summed E-state index contributed by atoms with van der Waals surface area (Å²) in [5, 5.41) is 0. The van der Waals surface area contributed by atoms with Crippen molar-refractivity contribution in [2.24, 2.45) is 17.8 Å². The molecule has 3 rings (SSSR count). The van der Waals surface area contributed by atoms with Crippen molar-refractivity contribution >= 4 is 5.78 Å². The van der Waals surface area contributed by atoms with Crippen LogP contribution in [0.25, 0.3) is 0 Å². The van der Waals surface area contributed by atoms with Gasteiger partial charge >= 0.3 is 0 Å². The molecule has 0 aromatic rings. The molecule has 3 unspecified atom stereocenters. The Balaban J connectivity index is 1.45. The van der Waals surface area contributed by atoms with Crippen LogP contribution in [0.1, 0.15) is 38.5 Å². The minimum absolute atomic E-state index is 0.244. The summed E-state index contributed by atoms with van der Waals surface area (Å²) in [6.45, 7) is 1.29. The van der Waals surface area contributed by atoms with Crippen molar-refractivity contribution < 1.29 is 14.3 Å². The molecule has 0 amide bonds. The molecule has 2 bridgehead atoms. The van der Waals surface area contributed by atoms with Gasteiger partial charge < -0.3 is 9.47 Å². The molecule has 3 atom stereocenters. The van der Waals surface area contributed by atoms with Crippen molar-refractivity contribution in [1.29, 1.82) is 0 Å². The fourth-order valence-corrected chi connectivity index (χ4v) is 3.71. The largest absolute Gasteiger partial charge is 0.350 e. The Morgan fingerprint density at radius 2 is 1.88 bits per heavy atom. The van der Waals surface area contributed by atoms with Crippen LogP contribution in [0.2, 0.25) is 0 Å². The lowest BCUT2D eigenvalue weighted by molar-refractivity contribution is -0.128. The van der Waals surface area contributed by atoms with Crippen molar-refractivity contribution in [3.63, 3.8) is 0 Å². The lowest BCUT2D eigenvalue weighted by Gasteiger charge is -2.21. The van der Waals surface area contributed by atoms with E-state index < -0.39 is 0 Å². The first-order valence-electron chi connectivity index (χ1n) is 6.56. The van der Waals surface area contributed by atoms with Gasteiger partial charge in [-0.05, 0) is 37.0 Å². The molecular formula is C13H20O3. The van der Waals surface area contributed by atoms with E-state index in [1.54, 1.807) is 0 Å². The van der Waals surface area contributed by atoms with Gasteiger partial charge in [-0.1, -0.05) is 6.42 Å². The van der Waals surface area contributed by atoms with Gasteiger partial charge in [0.15, 0.2) is 6.29 Å². The quantitative estimate of drug-likeness (QED) is 0.734. The fraction of sp³-hybridized carbons (Fsp3) is 0.923.